The first-order valence-corrected chi connectivity index (χ1v) is 9.37. The van der Waals surface area contributed by atoms with Gasteiger partial charge in [-0.05, 0) is 19.4 Å². The largest absolute Gasteiger partial charge is 0.372 e. The maximum Gasteiger partial charge on any atom is 0.274 e. The molecule has 2 aliphatic rings. The number of aromatic nitrogens is 2. The number of benzene rings is 1. The van der Waals surface area contributed by atoms with E-state index in [-0.39, 0.29) is 24.0 Å². The van der Waals surface area contributed by atoms with E-state index in [1.54, 1.807) is 20.5 Å². The Morgan fingerprint density at radius 1 is 1.15 bits per heavy atom. The van der Waals surface area contributed by atoms with E-state index in [2.05, 4.69) is 5.10 Å². The van der Waals surface area contributed by atoms with Crippen LogP contribution in [0, 0.1) is 0 Å². The monoisotopic (exact) mass is 368 g/mol. The second-order valence-corrected chi connectivity index (χ2v) is 7.32. The van der Waals surface area contributed by atoms with Gasteiger partial charge >= 0.3 is 0 Å². The summed E-state index contributed by atoms with van der Waals surface area (Å²) in [4.78, 5) is 29.3. The Balaban J connectivity index is 1.51. The van der Waals surface area contributed by atoms with Crippen LogP contribution in [0.15, 0.2) is 36.4 Å². The summed E-state index contributed by atoms with van der Waals surface area (Å²) in [7, 11) is 0. The molecule has 7 heteroatoms. The van der Waals surface area contributed by atoms with Gasteiger partial charge in [0.25, 0.3) is 11.8 Å². The molecule has 27 heavy (non-hydrogen) atoms. The molecule has 2 unspecified atom stereocenters. The van der Waals surface area contributed by atoms with Gasteiger partial charge in [0.05, 0.1) is 18.8 Å². The smallest absolute Gasteiger partial charge is 0.274 e. The van der Waals surface area contributed by atoms with Gasteiger partial charge in [-0.25, -0.2) is 0 Å². The fraction of sp³-hybridized carbons (Fsp3) is 0.450. The molecule has 2 aromatic rings. The second-order valence-electron chi connectivity index (χ2n) is 7.32. The zero-order valence-electron chi connectivity index (χ0n) is 15.7. The first kappa shape index (κ1) is 17.7. The van der Waals surface area contributed by atoms with Gasteiger partial charge in [-0.3, -0.25) is 14.3 Å². The van der Waals surface area contributed by atoms with Gasteiger partial charge in [-0.2, -0.15) is 5.10 Å². The predicted octanol–water partition coefficient (Wildman–Crippen LogP) is 1.79. The third kappa shape index (κ3) is 3.60. The van der Waals surface area contributed by atoms with Crippen LogP contribution in [0.3, 0.4) is 0 Å². The molecule has 1 aromatic heterocycles. The van der Waals surface area contributed by atoms with Crippen molar-refractivity contribution in [2.24, 2.45) is 0 Å². The highest BCUT2D eigenvalue weighted by atomic mass is 16.5. The molecule has 2 amide bonds. The molecule has 3 heterocycles. The Labute approximate surface area is 158 Å². The lowest BCUT2D eigenvalue weighted by Crippen LogP contribution is -2.48. The van der Waals surface area contributed by atoms with Gasteiger partial charge in [0.2, 0.25) is 0 Å². The van der Waals surface area contributed by atoms with E-state index < -0.39 is 0 Å². The van der Waals surface area contributed by atoms with Crippen molar-refractivity contribution in [3.63, 3.8) is 0 Å². The van der Waals surface area contributed by atoms with Gasteiger partial charge in [-0.1, -0.05) is 30.3 Å². The standard InChI is InChI=1S/C20H24N4O3/c1-14-11-23(12-15(2)27-14)19(25)17-10-18-20(26)22(8-9-24(18)21-17)13-16-6-4-3-5-7-16/h3-7,10,14-15H,8-9,11-13H2,1-2H3. The lowest BCUT2D eigenvalue weighted by atomic mass is 10.2. The molecule has 1 aromatic carbocycles. The fourth-order valence-electron chi connectivity index (χ4n) is 3.80. The molecule has 0 radical (unpaired) electrons. The molecule has 2 atom stereocenters. The van der Waals surface area contributed by atoms with Gasteiger partial charge in [0.15, 0.2) is 5.69 Å². The second kappa shape index (κ2) is 7.15. The van der Waals surface area contributed by atoms with Crippen molar-refractivity contribution in [2.75, 3.05) is 19.6 Å². The molecule has 0 saturated carbocycles. The molecule has 0 N–H and O–H groups in total. The quantitative estimate of drug-likeness (QED) is 0.828. The maximum atomic E-state index is 12.9. The number of morpholine rings is 1. The molecule has 4 rings (SSSR count). The third-order valence-corrected chi connectivity index (χ3v) is 5.01. The molecule has 2 aliphatic heterocycles. The molecule has 1 saturated heterocycles. The minimum absolute atomic E-state index is 0.00191. The van der Waals surface area contributed by atoms with Crippen molar-refractivity contribution in [2.45, 2.75) is 39.1 Å². The van der Waals surface area contributed by atoms with Crippen LogP contribution in [-0.4, -0.2) is 63.2 Å². The van der Waals surface area contributed by atoms with Crippen LogP contribution in [0.25, 0.3) is 0 Å². The zero-order valence-corrected chi connectivity index (χ0v) is 15.7. The molecule has 7 nitrogen and oxygen atoms in total. The van der Waals surface area contributed by atoms with E-state index in [9.17, 15) is 9.59 Å². The van der Waals surface area contributed by atoms with Crippen LogP contribution in [0.2, 0.25) is 0 Å². The first-order chi connectivity index (χ1) is 13.0. The van der Waals surface area contributed by atoms with E-state index in [0.29, 0.717) is 44.1 Å². The summed E-state index contributed by atoms with van der Waals surface area (Å²) in [5, 5.41) is 4.41. The van der Waals surface area contributed by atoms with Crippen LogP contribution >= 0.6 is 0 Å². The molecular weight excluding hydrogens is 344 g/mol. The molecule has 142 valence electrons. The van der Waals surface area contributed by atoms with Crippen molar-refractivity contribution < 1.29 is 14.3 Å². The minimum Gasteiger partial charge on any atom is -0.372 e. The number of nitrogens with zero attached hydrogens (tertiary/aromatic N) is 4. The predicted molar refractivity (Wildman–Crippen MR) is 99.3 cm³/mol. The van der Waals surface area contributed by atoms with Crippen molar-refractivity contribution in [1.29, 1.82) is 0 Å². The Hall–Kier alpha value is -2.67. The number of amides is 2. The minimum atomic E-state index is -0.138. The SMILES string of the molecule is CC1CN(C(=O)c2cc3n(n2)CCN(Cc2ccccc2)C3=O)CC(C)O1. The lowest BCUT2D eigenvalue weighted by molar-refractivity contribution is -0.0587. The van der Waals surface area contributed by atoms with Crippen molar-refractivity contribution in [3.8, 4) is 0 Å². The van der Waals surface area contributed by atoms with Crippen LogP contribution in [-0.2, 0) is 17.8 Å². The Morgan fingerprint density at radius 2 is 1.85 bits per heavy atom. The van der Waals surface area contributed by atoms with Gasteiger partial charge in [0, 0.05) is 32.2 Å². The zero-order chi connectivity index (χ0) is 19.0. The third-order valence-electron chi connectivity index (χ3n) is 5.01. The van der Waals surface area contributed by atoms with Crippen LogP contribution in [0.4, 0.5) is 0 Å². The molecular formula is C20H24N4O3. The highest BCUT2D eigenvalue weighted by molar-refractivity contribution is 5.98. The summed E-state index contributed by atoms with van der Waals surface area (Å²) in [6.45, 7) is 6.74. The Bertz CT molecular complexity index is 838. The number of fused-ring (bicyclic) bond motifs is 1. The van der Waals surface area contributed by atoms with E-state index in [1.807, 2.05) is 44.2 Å². The van der Waals surface area contributed by atoms with E-state index >= 15 is 0 Å². The summed E-state index contributed by atoms with van der Waals surface area (Å²) in [5.41, 5.74) is 1.91. The number of carbonyl (C=O) groups excluding carboxylic acids is 2. The number of hydrogen-bond donors (Lipinski definition) is 0. The summed E-state index contributed by atoms with van der Waals surface area (Å²) in [5.74, 6) is -0.221. The maximum absolute atomic E-state index is 12.9. The summed E-state index contributed by atoms with van der Waals surface area (Å²) in [6, 6.07) is 11.5. The van der Waals surface area contributed by atoms with E-state index in [4.69, 9.17) is 4.74 Å². The average Bonchev–Trinajstić information content (AvgIpc) is 3.09. The highest BCUT2D eigenvalue weighted by Crippen LogP contribution is 2.19. The van der Waals surface area contributed by atoms with Crippen molar-refractivity contribution in [1.82, 2.24) is 19.6 Å². The summed E-state index contributed by atoms with van der Waals surface area (Å²) < 4.78 is 7.35. The topological polar surface area (TPSA) is 67.7 Å². The molecule has 0 aliphatic carbocycles. The lowest BCUT2D eigenvalue weighted by Gasteiger charge is -2.34. The van der Waals surface area contributed by atoms with Crippen LogP contribution < -0.4 is 0 Å². The number of rotatable bonds is 3. The van der Waals surface area contributed by atoms with Gasteiger partial charge < -0.3 is 14.5 Å². The normalized spacial score (nSPS) is 22.7. The van der Waals surface area contributed by atoms with Crippen molar-refractivity contribution in [3.05, 3.63) is 53.3 Å². The summed E-state index contributed by atoms with van der Waals surface area (Å²) in [6.07, 6.45) is -0.00382. The molecule has 0 spiro atoms. The Morgan fingerprint density at radius 3 is 2.56 bits per heavy atom. The van der Waals surface area contributed by atoms with Crippen LogP contribution in [0.5, 0.6) is 0 Å². The number of hydrogen-bond acceptors (Lipinski definition) is 4. The molecule has 1 fully saturated rings. The summed E-state index contributed by atoms with van der Waals surface area (Å²) >= 11 is 0. The van der Waals surface area contributed by atoms with Crippen molar-refractivity contribution >= 4 is 11.8 Å². The van der Waals surface area contributed by atoms with Gasteiger partial charge in [0.1, 0.15) is 5.69 Å². The number of ether oxygens (including phenoxy) is 1. The highest BCUT2D eigenvalue weighted by Gasteiger charge is 2.31. The average molecular weight is 368 g/mol. The van der Waals surface area contributed by atoms with E-state index in [1.165, 1.54) is 0 Å². The Kier molecular flexibility index (Phi) is 4.70. The van der Waals surface area contributed by atoms with E-state index in [0.717, 1.165) is 5.56 Å². The molecule has 0 bridgehead atoms. The van der Waals surface area contributed by atoms with Gasteiger partial charge in [-0.15, -0.1) is 0 Å². The first-order valence-electron chi connectivity index (χ1n) is 9.37. The number of carbonyl (C=O) groups is 2. The van der Waals surface area contributed by atoms with Crippen LogP contribution in [0.1, 0.15) is 40.4 Å². The fourth-order valence-corrected chi connectivity index (χ4v) is 3.80.